The minimum atomic E-state index is -0.485. The third-order valence-electron chi connectivity index (χ3n) is 2.14. The molecule has 1 aromatic carbocycles. The Balaban J connectivity index is 2.28. The molecule has 0 bridgehead atoms. The number of benzene rings is 1. The van der Waals surface area contributed by atoms with Gasteiger partial charge in [0.1, 0.15) is 0 Å². The lowest BCUT2D eigenvalue weighted by Gasteiger charge is -2.07. The van der Waals surface area contributed by atoms with Crippen molar-refractivity contribution in [1.82, 2.24) is 9.97 Å². The number of nitrogen functional groups attached to an aromatic ring is 1. The Kier molecular flexibility index (Phi) is 2.87. The number of rotatable bonds is 3. The van der Waals surface area contributed by atoms with Crippen molar-refractivity contribution in [2.75, 3.05) is 11.1 Å². The number of carbonyl (C=O) groups is 1. The summed E-state index contributed by atoms with van der Waals surface area (Å²) in [6.45, 7) is 0. The molecule has 17 heavy (non-hydrogen) atoms. The third kappa shape index (κ3) is 2.49. The van der Waals surface area contributed by atoms with E-state index in [1.54, 1.807) is 24.3 Å². The fraction of sp³-hybridized carbons (Fsp3) is 0. The summed E-state index contributed by atoms with van der Waals surface area (Å²) in [5.74, 6) is 0.242. The summed E-state index contributed by atoms with van der Waals surface area (Å²) in [7, 11) is 0. The highest BCUT2D eigenvalue weighted by molar-refractivity contribution is 5.93. The molecule has 1 amide bonds. The number of hydrogen-bond donors (Lipinski definition) is 3. The molecule has 86 valence electrons. The first-order valence-electron chi connectivity index (χ1n) is 4.90. The van der Waals surface area contributed by atoms with Gasteiger partial charge in [-0.25, -0.2) is 9.97 Å². The van der Waals surface area contributed by atoms with Crippen LogP contribution in [-0.4, -0.2) is 15.9 Å². The van der Waals surface area contributed by atoms with Gasteiger partial charge in [0.2, 0.25) is 5.91 Å². The molecule has 6 nitrogen and oxygen atoms in total. The van der Waals surface area contributed by atoms with Gasteiger partial charge in [0, 0.05) is 23.6 Å². The Morgan fingerprint density at radius 2 is 2.00 bits per heavy atom. The number of nitrogens with two attached hydrogens (primary N) is 2. The number of aromatic nitrogens is 2. The average molecular weight is 229 g/mol. The molecule has 5 N–H and O–H groups in total. The highest BCUT2D eigenvalue weighted by Gasteiger charge is 2.04. The SMILES string of the molecule is NC(=O)c1cccc(Nc2nccnc2N)c1. The van der Waals surface area contributed by atoms with E-state index in [1.807, 2.05) is 0 Å². The predicted octanol–water partition coefficient (Wildman–Crippen LogP) is 0.901. The molecule has 0 aliphatic rings. The average Bonchev–Trinajstić information content (AvgIpc) is 2.32. The summed E-state index contributed by atoms with van der Waals surface area (Å²) < 4.78 is 0. The highest BCUT2D eigenvalue weighted by Crippen LogP contribution is 2.18. The van der Waals surface area contributed by atoms with E-state index in [2.05, 4.69) is 15.3 Å². The molecule has 0 saturated heterocycles. The summed E-state index contributed by atoms with van der Waals surface area (Å²) in [4.78, 5) is 18.9. The normalized spacial score (nSPS) is 9.88. The van der Waals surface area contributed by atoms with Crippen molar-refractivity contribution in [3.05, 3.63) is 42.2 Å². The second-order valence-corrected chi connectivity index (χ2v) is 3.36. The van der Waals surface area contributed by atoms with Crippen LogP contribution in [0.15, 0.2) is 36.7 Å². The summed E-state index contributed by atoms with van der Waals surface area (Å²) in [5, 5.41) is 2.96. The Morgan fingerprint density at radius 3 is 2.71 bits per heavy atom. The van der Waals surface area contributed by atoms with Gasteiger partial charge >= 0.3 is 0 Å². The van der Waals surface area contributed by atoms with Crippen molar-refractivity contribution < 1.29 is 4.79 Å². The fourth-order valence-corrected chi connectivity index (χ4v) is 1.33. The number of nitrogens with one attached hydrogen (secondary N) is 1. The first-order chi connectivity index (χ1) is 8.16. The van der Waals surface area contributed by atoms with Crippen LogP contribution in [0.4, 0.5) is 17.3 Å². The van der Waals surface area contributed by atoms with Crippen molar-refractivity contribution in [3.63, 3.8) is 0 Å². The van der Waals surface area contributed by atoms with E-state index in [4.69, 9.17) is 11.5 Å². The summed E-state index contributed by atoms with van der Waals surface area (Å²) in [6, 6.07) is 6.75. The number of anilines is 3. The van der Waals surface area contributed by atoms with E-state index in [0.29, 0.717) is 17.1 Å². The number of hydrogen-bond acceptors (Lipinski definition) is 5. The molecule has 0 radical (unpaired) electrons. The van der Waals surface area contributed by atoms with Gasteiger partial charge in [-0.2, -0.15) is 0 Å². The third-order valence-corrected chi connectivity index (χ3v) is 2.14. The van der Waals surface area contributed by atoms with Crippen molar-refractivity contribution in [2.45, 2.75) is 0 Å². The van der Waals surface area contributed by atoms with Crippen LogP contribution in [-0.2, 0) is 0 Å². The molecule has 0 aliphatic heterocycles. The lowest BCUT2D eigenvalue weighted by molar-refractivity contribution is 0.100. The van der Waals surface area contributed by atoms with Crippen LogP contribution in [0.3, 0.4) is 0 Å². The van der Waals surface area contributed by atoms with E-state index in [1.165, 1.54) is 12.4 Å². The molecular formula is C11H11N5O. The van der Waals surface area contributed by atoms with Crippen LogP contribution in [0.5, 0.6) is 0 Å². The maximum Gasteiger partial charge on any atom is 0.248 e. The van der Waals surface area contributed by atoms with Gasteiger partial charge in [-0.05, 0) is 18.2 Å². The van der Waals surface area contributed by atoms with Crippen LogP contribution in [0.25, 0.3) is 0 Å². The van der Waals surface area contributed by atoms with Crippen molar-refractivity contribution in [3.8, 4) is 0 Å². The number of primary amides is 1. The van der Waals surface area contributed by atoms with E-state index in [9.17, 15) is 4.79 Å². The van der Waals surface area contributed by atoms with E-state index in [0.717, 1.165) is 0 Å². The van der Waals surface area contributed by atoms with Crippen LogP contribution < -0.4 is 16.8 Å². The minimum absolute atomic E-state index is 0.289. The molecular weight excluding hydrogens is 218 g/mol. The van der Waals surface area contributed by atoms with E-state index in [-0.39, 0.29) is 5.82 Å². The Hall–Kier alpha value is -2.63. The van der Waals surface area contributed by atoms with Gasteiger partial charge < -0.3 is 16.8 Å². The highest BCUT2D eigenvalue weighted by atomic mass is 16.1. The second kappa shape index (κ2) is 4.48. The monoisotopic (exact) mass is 229 g/mol. The summed E-state index contributed by atoms with van der Waals surface area (Å²) >= 11 is 0. The van der Waals surface area contributed by atoms with Crippen LogP contribution in [0.2, 0.25) is 0 Å². The molecule has 0 saturated carbocycles. The first-order valence-corrected chi connectivity index (χ1v) is 4.90. The Bertz CT molecular complexity index is 555. The lowest BCUT2D eigenvalue weighted by Crippen LogP contribution is -2.11. The smallest absolute Gasteiger partial charge is 0.248 e. The number of amides is 1. The molecule has 0 atom stereocenters. The molecule has 0 aliphatic carbocycles. The standard InChI is InChI=1S/C11H11N5O/c12-9-11(15-5-4-14-9)16-8-3-1-2-7(6-8)10(13)17/h1-6H,(H2,12,14)(H2,13,17)(H,15,16). The Labute approximate surface area is 97.7 Å². The van der Waals surface area contributed by atoms with Gasteiger partial charge in [0.25, 0.3) is 0 Å². The number of carbonyl (C=O) groups excluding carboxylic acids is 1. The summed E-state index contributed by atoms with van der Waals surface area (Å²) in [6.07, 6.45) is 3.02. The molecule has 0 unspecified atom stereocenters. The molecule has 2 aromatic rings. The van der Waals surface area contributed by atoms with Gasteiger partial charge in [0.05, 0.1) is 0 Å². The first kappa shape index (κ1) is 10.9. The zero-order chi connectivity index (χ0) is 12.3. The molecule has 0 spiro atoms. The quantitative estimate of drug-likeness (QED) is 0.724. The van der Waals surface area contributed by atoms with Crippen LogP contribution >= 0.6 is 0 Å². The van der Waals surface area contributed by atoms with E-state index < -0.39 is 5.91 Å². The van der Waals surface area contributed by atoms with Crippen LogP contribution in [0.1, 0.15) is 10.4 Å². The molecule has 2 rings (SSSR count). The molecule has 1 heterocycles. The van der Waals surface area contributed by atoms with Gasteiger partial charge in [-0.1, -0.05) is 6.07 Å². The molecule has 0 fully saturated rings. The van der Waals surface area contributed by atoms with E-state index >= 15 is 0 Å². The van der Waals surface area contributed by atoms with Crippen molar-refractivity contribution >= 4 is 23.2 Å². The zero-order valence-electron chi connectivity index (χ0n) is 8.92. The Morgan fingerprint density at radius 1 is 1.24 bits per heavy atom. The van der Waals surface area contributed by atoms with Gasteiger partial charge in [-0.15, -0.1) is 0 Å². The lowest BCUT2D eigenvalue weighted by atomic mass is 10.2. The fourth-order valence-electron chi connectivity index (χ4n) is 1.33. The maximum absolute atomic E-state index is 11.0. The van der Waals surface area contributed by atoms with Gasteiger partial charge in [-0.3, -0.25) is 4.79 Å². The maximum atomic E-state index is 11.0. The molecule has 6 heteroatoms. The number of nitrogens with zero attached hydrogens (tertiary/aromatic N) is 2. The van der Waals surface area contributed by atoms with Gasteiger partial charge in [0.15, 0.2) is 11.6 Å². The van der Waals surface area contributed by atoms with Crippen LogP contribution in [0, 0.1) is 0 Å². The summed E-state index contributed by atoms with van der Waals surface area (Å²) in [5.41, 5.74) is 11.9. The predicted molar refractivity (Wildman–Crippen MR) is 64.7 cm³/mol. The minimum Gasteiger partial charge on any atom is -0.381 e. The second-order valence-electron chi connectivity index (χ2n) is 3.36. The molecule has 1 aromatic heterocycles. The zero-order valence-corrected chi connectivity index (χ0v) is 8.92. The van der Waals surface area contributed by atoms with Crippen molar-refractivity contribution in [1.29, 1.82) is 0 Å². The largest absolute Gasteiger partial charge is 0.381 e. The van der Waals surface area contributed by atoms with Crippen molar-refractivity contribution in [2.24, 2.45) is 5.73 Å². The topological polar surface area (TPSA) is 107 Å².